The summed E-state index contributed by atoms with van der Waals surface area (Å²) in [5.74, 6) is -1.01. The third-order valence-electron chi connectivity index (χ3n) is 3.38. The lowest BCUT2D eigenvalue weighted by atomic mass is 10.1. The third kappa shape index (κ3) is 4.97. The average molecular weight is 336 g/mol. The number of rotatable bonds is 6. The SMILES string of the molecule is CCS(=O)(=O)C[C@@H](C)N(C)C(=O)Cc1c(F)cccc1Cl. The lowest BCUT2D eigenvalue weighted by Gasteiger charge is -2.25. The molecule has 21 heavy (non-hydrogen) atoms. The van der Waals surface area contributed by atoms with Gasteiger partial charge in [-0.1, -0.05) is 24.6 Å². The Labute approximate surface area is 129 Å². The first-order chi connectivity index (χ1) is 9.68. The van der Waals surface area contributed by atoms with Gasteiger partial charge >= 0.3 is 0 Å². The van der Waals surface area contributed by atoms with Crippen LogP contribution < -0.4 is 0 Å². The predicted octanol–water partition coefficient (Wildman–Crippen LogP) is 2.30. The fourth-order valence-corrected chi connectivity index (χ4v) is 3.24. The van der Waals surface area contributed by atoms with E-state index < -0.39 is 21.7 Å². The summed E-state index contributed by atoms with van der Waals surface area (Å²) in [6, 6.07) is 3.73. The molecule has 0 unspecified atom stereocenters. The van der Waals surface area contributed by atoms with Crippen LogP contribution in [-0.2, 0) is 21.1 Å². The molecule has 0 radical (unpaired) electrons. The van der Waals surface area contributed by atoms with Crippen molar-refractivity contribution < 1.29 is 17.6 Å². The highest BCUT2D eigenvalue weighted by Gasteiger charge is 2.22. The fourth-order valence-electron chi connectivity index (χ4n) is 1.82. The molecule has 1 atom stereocenters. The van der Waals surface area contributed by atoms with Crippen LogP contribution in [-0.4, -0.2) is 43.8 Å². The van der Waals surface area contributed by atoms with E-state index in [0.717, 1.165) is 0 Å². The number of amides is 1. The predicted molar refractivity (Wildman–Crippen MR) is 81.7 cm³/mol. The highest BCUT2D eigenvalue weighted by atomic mass is 35.5. The second-order valence-corrected chi connectivity index (χ2v) is 7.73. The van der Waals surface area contributed by atoms with E-state index in [2.05, 4.69) is 0 Å². The Morgan fingerprint density at radius 1 is 1.43 bits per heavy atom. The van der Waals surface area contributed by atoms with E-state index in [0.29, 0.717) is 0 Å². The highest BCUT2D eigenvalue weighted by molar-refractivity contribution is 7.91. The maximum absolute atomic E-state index is 13.6. The van der Waals surface area contributed by atoms with Gasteiger partial charge in [0.1, 0.15) is 5.82 Å². The smallest absolute Gasteiger partial charge is 0.227 e. The largest absolute Gasteiger partial charge is 0.342 e. The molecule has 1 rings (SSSR count). The Hall–Kier alpha value is -1.14. The maximum atomic E-state index is 13.6. The number of nitrogens with zero attached hydrogens (tertiary/aromatic N) is 1. The molecule has 0 aliphatic rings. The Morgan fingerprint density at radius 3 is 2.57 bits per heavy atom. The van der Waals surface area contributed by atoms with Gasteiger partial charge in [0.05, 0.1) is 12.2 Å². The van der Waals surface area contributed by atoms with Crippen LogP contribution in [0.25, 0.3) is 0 Å². The molecule has 1 amide bonds. The van der Waals surface area contributed by atoms with Gasteiger partial charge in [-0.05, 0) is 19.1 Å². The minimum atomic E-state index is -3.18. The first-order valence-corrected chi connectivity index (χ1v) is 8.76. The van der Waals surface area contributed by atoms with Crippen molar-refractivity contribution in [3.05, 3.63) is 34.6 Å². The summed E-state index contributed by atoms with van der Waals surface area (Å²) in [7, 11) is -1.67. The second-order valence-electron chi connectivity index (χ2n) is 4.93. The molecule has 0 N–H and O–H groups in total. The highest BCUT2D eigenvalue weighted by Crippen LogP contribution is 2.20. The van der Waals surface area contributed by atoms with Crippen molar-refractivity contribution in [2.24, 2.45) is 0 Å². The van der Waals surface area contributed by atoms with Crippen LogP contribution in [0, 0.1) is 5.82 Å². The van der Waals surface area contributed by atoms with Crippen LogP contribution in [0.1, 0.15) is 19.4 Å². The van der Waals surface area contributed by atoms with Gasteiger partial charge in [0.25, 0.3) is 0 Å². The minimum Gasteiger partial charge on any atom is -0.342 e. The van der Waals surface area contributed by atoms with Gasteiger partial charge in [-0.2, -0.15) is 0 Å². The molecule has 4 nitrogen and oxygen atoms in total. The molecule has 0 aromatic heterocycles. The first-order valence-electron chi connectivity index (χ1n) is 6.57. The summed E-state index contributed by atoms with van der Waals surface area (Å²) in [6.07, 6.45) is -0.196. The molecule has 7 heteroatoms. The van der Waals surface area contributed by atoms with E-state index >= 15 is 0 Å². The summed E-state index contributed by atoms with van der Waals surface area (Å²) < 4.78 is 36.8. The summed E-state index contributed by atoms with van der Waals surface area (Å²) in [5.41, 5.74) is 0.126. The number of halogens is 2. The fraction of sp³-hybridized carbons (Fsp3) is 0.500. The molecule has 0 heterocycles. The molecule has 0 aliphatic carbocycles. The van der Waals surface area contributed by atoms with Crippen molar-refractivity contribution in [2.45, 2.75) is 26.3 Å². The molecule has 0 spiro atoms. The number of hydrogen-bond donors (Lipinski definition) is 0. The van der Waals surface area contributed by atoms with E-state index in [4.69, 9.17) is 11.6 Å². The quantitative estimate of drug-likeness (QED) is 0.801. The van der Waals surface area contributed by atoms with E-state index in [1.54, 1.807) is 13.8 Å². The van der Waals surface area contributed by atoms with Crippen molar-refractivity contribution in [3.8, 4) is 0 Å². The van der Waals surface area contributed by atoms with Crippen LogP contribution in [0.2, 0.25) is 5.02 Å². The van der Waals surface area contributed by atoms with Crippen molar-refractivity contribution in [1.29, 1.82) is 0 Å². The average Bonchev–Trinajstić information content (AvgIpc) is 2.41. The standard InChI is InChI=1S/C14H19ClFNO3S/c1-4-21(19,20)9-10(2)17(3)14(18)8-11-12(15)6-5-7-13(11)16/h5-7,10H,4,8-9H2,1-3H3/t10-/m1/s1. The minimum absolute atomic E-state index is 0.0263. The van der Waals surface area contributed by atoms with Crippen LogP contribution in [0.15, 0.2) is 18.2 Å². The third-order valence-corrected chi connectivity index (χ3v) is 5.60. The number of sulfone groups is 1. The van der Waals surface area contributed by atoms with Gasteiger partial charge in [-0.25, -0.2) is 12.8 Å². The maximum Gasteiger partial charge on any atom is 0.227 e. The first kappa shape index (κ1) is 17.9. The number of benzene rings is 1. The number of carbonyl (C=O) groups is 1. The van der Waals surface area contributed by atoms with Crippen LogP contribution in [0.3, 0.4) is 0 Å². The Morgan fingerprint density at radius 2 is 2.05 bits per heavy atom. The molecule has 0 saturated heterocycles. The topological polar surface area (TPSA) is 54.5 Å². The lowest BCUT2D eigenvalue weighted by Crippen LogP contribution is -2.40. The monoisotopic (exact) mass is 335 g/mol. The zero-order chi connectivity index (χ0) is 16.2. The van der Waals surface area contributed by atoms with Gasteiger partial charge in [-0.15, -0.1) is 0 Å². The van der Waals surface area contributed by atoms with E-state index in [1.165, 1.54) is 30.1 Å². The van der Waals surface area contributed by atoms with E-state index in [-0.39, 0.29) is 34.4 Å². The molecule has 1 aromatic carbocycles. The van der Waals surface area contributed by atoms with Crippen molar-refractivity contribution >= 4 is 27.3 Å². The van der Waals surface area contributed by atoms with Gasteiger partial charge in [0.15, 0.2) is 9.84 Å². The lowest BCUT2D eigenvalue weighted by molar-refractivity contribution is -0.130. The molecule has 0 fully saturated rings. The molecule has 1 aromatic rings. The van der Waals surface area contributed by atoms with Gasteiger partial charge in [-0.3, -0.25) is 4.79 Å². The zero-order valence-electron chi connectivity index (χ0n) is 12.3. The van der Waals surface area contributed by atoms with Crippen LogP contribution >= 0.6 is 11.6 Å². The summed E-state index contributed by atoms with van der Waals surface area (Å²) in [4.78, 5) is 13.5. The number of hydrogen-bond acceptors (Lipinski definition) is 3. The Bertz CT molecular complexity index is 598. The van der Waals surface area contributed by atoms with Crippen molar-refractivity contribution in [3.63, 3.8) is 0 Å². The summed E-state index contributed by atoms with van der Waals surface area (Å²) in [5, 5.41) is 0.186. The number of likely N-dealkylation sites (N-methyl/N-ethyl adjacent to an activating group) is 1. The molecular formula is C14H19ClFNO3S. The molecule has 0 bridgehead atoms. The molecule has 0 aliphatic heterocycles. The molecular weight excluding hydrogens is 317 g/mol. The second kappa shape index (κ2) is 7.22. The summed E-state index contributed by atoms with van der Waals surface area (Å²) in [6.45, 7) is 3.21. The van der Waals surface area contributed by atoms with Crippen LogP contribution in [0.5, 0.6) is 0 Å². The Balaban J connectivity index is 2.80. The zero-order valence-corrected chi connectivity index (χ0v) is 13.8. The van der Waals surface area contributed by atoms with Crippen LogP contribution in [0.4, 0.5) is 4.39 Å². The molecule has 118 valence electrons. The van der Waals surface area contributed by atoms with Gasteiger partial charge < -0.3 is 4.90 Å². The Kier molecular flexibility index (Phi) is 6.16. The van der Waals surface area contributed by atoms with Gasteiger partial charge in [0, 0.05) is 29.4 Å². The van der Waals surface area contributed by atoms with Crippen molar-refractivity contribution in [1.82, 2.24) is 4.90 Å². The number of carbonyl (C=O) groups excluding carboxylic acids is 1. The van der Waals surface area contributed by atoms with Gasteiger partial charge in [0.2, 0.25) is 5.91 Å². The van der Waals surface area contributed by atoms with Crippen molar-refractivity contribution in [2.75, 3.05) is 18.6 Å². The summed E-state index contributed by atoms with van der Waals surface area (Å²) >= 11 is 5.88. The van der Waals surface area contributed by atoms with E-state index in [1.807, 2.05) is 0 Å². The molecule has 0 saturated carbocycles. The van der Waals surface area contributed by atoms with E-state index in [9.17, 15) is 17.6 Å². The normalized spacial score (nSPS) is 13.0.